The third kappa shape index (κ3) is 14.7. The number of hydrogen-bond acceptors (Lipinski definition) is 4. The van der Waals surface area contributed by atoms with Crippen molar-refractivity contribution in [2.45, 2.75) is 23.9 Å². The molecule has 0 aromatic rings. The molecule has 0 fully saturated rings. The lowest BCUT2D eigenvalue weighted by molar-refractivity contribution is -0.0514. The molecule has 0 spiro atoms. The molecule has 0 saturated heterocycles. The molecule has 152 valence electrons. The van der Waals surface area contributed by atoms with E-state index in [1.807, 2.05) is 0 Å². The number of alkyl halides is 6. The third-order valence-corrected chi connectivity index (χ3v) is 3.07. The van der Waals surface area contributed by atoms with Crippen LogP contribution in [0.4, 0.5) is 26.3 Å². The van der Waals surface area contributed by atoms with Gasteiger partial charge in [-0.25, -0.2) is 0 Å². The maximum atomic E-state index is 10.7. The summed E-state index contributed by atoms with van der Waals surface area (Å²) in [5.74, 6) is 0. The second-order valence-electron chi connectivity index (χ2n) is 4.03. The van der Waals surface area contributed by atoms with E-state index in [1.165, 1.54) is 0 Å². The van der Waals surface area contributed by atoms with Crippen molar-refractivity contribution in [3.8, 4) is 0 Å². The Morgan fingerprint density at radius 1 is 0.577 bits per heavy atom. The topological polar surface area (TPSA) is 109 Å². The van der Waals surface area contributed by atoms with Gasteiger partial charge in [0.1, 0.15) is 0 Å². The fourth-order valence-corrected chi connectivity index (χ4v) is 0.786. The molecule has 6 nitrogen and oxygen atoms in total. The first-order valence-electron chi connectivity index (χ1n) is 6.21. The van der Waals surface area contributed by atoms with Gasteiger partial charge in [0.05, 0.1) is 0 Å². The Hall–Kier alpha value is -1.64. The molecule has 0 heterocycles. The van der Waals surface area contributed by atoms with Crippen LogP contribution in [0.15, 0.2) is 48.6 Å². The summed E-state index contributed by atoms with van der Waals surface area (Å²) in [6.45, 7) is 0. The predicted octanol–water partition coefficient (Wildman–Crippen LogP) is 3.79. The van der Waals surface area contributed by atoms with Crippen LogP contribution in [-0.4, -0.2) is 37.0 Å². The SMILES string of the molecule is C1=CCC=C1.C1=CCC=C1.O=S(=O)(O)C(F)(F)F.O=S(=O)(O)C(F)(F)F. The van der Waals surface area contributed by atoms with Crippen molar-refractivity contribution in [3.63, 3.8) is 0 Å². The molecule has 2 aliphatic carbocycles. The monoisotopic (exact) mass is 432 g/mol. The average molecular weight is 432 g/mol. The van der Waals surface area contributed by atoms with Gasteiger partial charge in [0.15, 0.2) is 0 Å². The Balaban J connectivity index is 0. The lowest BCUT2D eigenvalue weighted by Crippen LogP contribution is -2.21. The largest absolute Gasteiger partial charge is 0.522 e. The average Bonchev–Trinajstić information content (AvgIpc) is 3.15. The van der Waals surface area contributed by atoms with Crippen molar-refractivity contribution >= 4 is 20.2 Å². The molecule has 0 aromatic carbocycles. The van der Waals surface area contributed by atoms with Crippen LogP contribution >= 0.6 is 0 Å². The Morgan fingerprint density at radius 2 is 0.731 bits per heavy atom. The Kier molecular flexibility index (Phi) is 11.4. The Morgan fingerprint density at radius 3 is 0.769 bits per heavy atom. The fourth-order valence-electron chi connectivity index (χ4n) is 0.786. The van der Waals surface area contributed by atoms with Crippen LogP contribution in [0.1, 0.15) is 12.8 Å². The standard InChI is InChI=1S/2C5H6.2CHF3O3S/c2*1-2-4-5-3-1;2*2-1(3,4)8(5,6)7/h2*1-4H,5H2;2*(H,5,6,7). The highest BCUT2D eigenvalue weighted by Crippen LogP contribution is 2.21. The van der Waals surface area contributed by atoms with E-state index >= 15 is 0 Å². The number of hydrogen-bond donors (Lipinski definition) is 2. The molecule has 2 rings (SSSR count). The summed E-state index contributed by atoms with van der Waals surface area (Å²) in [5, 5.41) is 0. The van der Waals surface area contributed by atoms with Crippen LogP contribution in [0.3, 0.4) is 0 Å². The van der Waals surface area contributed by atoms with Gasteiger partial charge in [-0.1, -0.05) is 48.6 Å². The van der Waals surface area contributed by atoms with Gasteiger partial charge in [-0.2, -0.15) is 43.2 Å². The molecule has 2 N–H and O–H groups in total. The minimum absolute atomic E-state index is 1.14. The summed E-state index contributed by atoms with van der Waals surface area (Å²) in [6.07, 6.45) is 19.0. The van der Waals surface area contributed by atoms with Gasteiger partial charge < -0.3 is 0 Å². The third-order valence-electron chi connectivity index (χ3n) is 1.90. The van der Waals surface area contributed by atoms with Crippen molar-refractivity contribution in [1.82, 2.24) is 0 Å². The molecule has 0 radical (unpaired) electrons. The second kappa shape index (κ2) is 11.2. The zero-order chi connectivity index (χ0) is 21.1. The van der Waals surface area contributed by atoms with Gasteiger partial charge >= 0.3 is 31.3 Å². The predicted molar refractivity (Wildman–Crippen MR) is 81.0 cm³/mol. The Labute approximate surface area is 145 Å². The van der Waals surface area contributed by atoms with E-state index in [1.54, 1.807) is 0 Å². The number of rotatable bonds is 0. The zero-order valence-corrected chi connectivity index (χ0v) is 14.3. The van der Waals surface area contributed by atoms with Crippen molar-refractivity contribution in [2.75, 3.05) is 0 Å². The van der Waals surface area contributed by atoms with Crippen LogP contribution in [-0.2, 0) is 20.2 Å². The van der Waals surface area contributed by atoms with Crippen LogP contribution in [0.5, 0.6) is 0 Å². The van der Waals surface area contributed by atoms with Crippen molar-refractivity contribution in [2.24, 2.45) is 0 Å². The van der Waals surface area contributed by atoms with E-state index in [4.69, 9.17) is 25.9 Å². The molecule has 14 heteroatoms. The van der Waals surface area contributed by atoms with E-state index in [0.717, 1.165) is 12.8 Å². The summed E-state index contributed by atoms with van der Waals surface area (Å²) in [5.41, 5.74) is -11.1. The highest BCUT2D eigenvalue weighted by molar-refractivity contribution is 7.86. The summed E-state index contributed by atoms with van der Waals surface area (Å²) in [7, 11) is -11.7. The molecule has 0 saturated carbocycles. The molecule has 0 unspecified atom stereocenters. The molecule has 0 aliphatic heterocycles. The van der Waals surface area contributed by atoms with Gasteiger partial charge in [0.25, 0.3) is 0 Å². The van der Waals surface area contributed by atoms with Gasteiger partial charge in [-0.05, 0) is 12.8 Å². The van der Waals surface area contributed by atoms with Gasteiger partial charge in [-0.3, -0.25) is 9.11 Å². The van der Waals surface area contributed by atoms with Crippen LogP contribution in [0, 0.1) is 0 Å². The Bertz CT molecular complexity index is 643. The quantitative estimate of drug-likeness (QED) is 0.343. The molecule has 0 amide bonds. The molecule has 26 heavy (non-hydrogen) atoms. The van der Waals surface area contributed by atoms with Crippen molar-refractivity contribution in [3.05, 3.63) is 48.6 Å². The molecule has 2 aliphatic rings. The van der Waals surface area contributed by atoms with Crippen LogP contribution in [0.2, 0.25) is 0 Å². The minimum atomic E-state index is -5.84. The molecule has 0 bridgehead atoms. The lowest BCUT2D eigenvalue weighted by atomic mass is 10.5. The molecule has 0 aromatic heterocycles. The zero-order valence-electron chi connectivity index (χ0n) is 12.6. The van der Waals surface area contributed by atoms with Gasteiger partial charge in [-0.15, -0.1) is 0 Å². The number of halogens is 6. The first-order valence-corrected chi connectivity index (χ1v) is 9.09. The van der Waals surface area contributed by atoms with Crippen LogP contribution < -0.4 is 0 Å². The highest BCUT2D eigenvalue weighted by Gasteiger charge is 2.45. The summed E-state index contributed by atoms with van der Waals surface area (Å²) >= 11 is 0. The summed E-state index contributed by atoms with van der Waals surface area (Å²) < 4.78 is 115. The van der Waals surface area contributed by atoms with Gasteiger partial charge in [0, 0.05) is 0 Å². The molecule has 0 atom stereocenters. The number of allylic oxidation sites excluding steroid dienone is 8. The summed E-state index contributed by atoms with van der Waals surface area (Å²) in [4.78, 5) is 0. The first kappa shape index (κ1) is 26.6. The molecular formula is C12H14F6O6S2. The van der Waals surface area contributed by atoms with Crippen molar-refractivity contribution < 1.29 is 52.3 Å². The maximum Gasteiger partial charge on any atom is 0.522 e. The van der Waals surface area contributed by atoms with E-state index in [-0.39, 0.29) is 0 Å². The van der Waals surface area contributed by atoms with E-state index < -0.39 is 31.3 Å². The lowest BCUT2D eigenvalue weighted by Gasteiger charge is -1.97. The van der Waals surface area contributed by atoms with E-state index in [0.29, 0.717) is 0 Å². The van der Waals surface area contributed by atoms with E-state index in [9.17, 15) is 26.3 Å². The normalized spacial score (nSPS) is 15.4. The van der Waals surface area contributed by atoms with Crippen molar-refractivity contribution in [1.29, 1.82) is 0 Å². The van der Waals surface area contributed by atoms with Gasteiger partial charge in [0.2, 0.25) is 0 Å². The second-order valence-corrected chi connectivity index (χ2v) is 6.85. The van der Waals surface area contributed by atoms with E-state index in [2.05, 4.69) is 48.6 Å². The minimum Gasteiger partial charge on any atom is -0.279 e. The highest BCUT2D eigenvalue weighted by atomic mass is 32.2. The maximum absolute atomic E-state index is 10.7. The summed E-state index contributed by atoms with van der Waals surface area (Å²) in [6, 6.07) is 0. The van der Waals surface area contributed by atoms with Crippen LogP contribution in [0.25, 0.3) is 0 Å². The smallest absolute Gasteiger partial charge is 0.279 e. The first-order chi connectivity index (χ1) is 11.5. The molecular weight excluding hydrogens is 418 g/mol. The fraction of sp³-hybridized carbons (Fsp3) is 0.333.